The van der Waals surface area contributed by atoms with E-state index >= 15 is 0 Å². The zero-order valence-corrected chi connectivity index (χ0v) is 28.5. The van der Waals surface area contributed by atoms with Crippen LogP contribution in [0.15, 0.2) is 71.7 Å². The lowest BCUT2D eigenvalue weighted by Gasteiger charge is -2.31. The third kappa shape index (κ3) is 7.96. The summed E-state index contributed by atoms with van der Waals surface area (Å²) in [5, 5.41) is 7.56. The second kappa shape index (κ2) is 14.8. The first-order chi connectivity index (χ1) is 22.0. The molecule has 5 N–H and O–H groups in total. The summed E-state index contributed by atoms with van der Waals surface area (Å²) < 4.78 is 5.56. The number of carbonyl (C=O) groups excluding carboxylic acids is 2. The third-order valence-corrected chi connectivity index (χ3v) is 10.4. The van der Waals surface area contributed by atoms with E-state index in [-0.39, 0.29) is 36.6 Å². The number of hydrogen-bond acceptors (Lipinski definition) is 8. The fourth-order valence-corrected chi connectivity index (χ4v) is 6.94. The first-order valence-corrected chi connectivity index (χ1v) is 19.1. The van der Waals surface area contributed by atoms with E-state index in [1.807, 2.05) is 67.7 Å². The number of ether oxygens (including phenoxy) is 1. The summed E-state index contributed by atoms with van der Waals surface area (Å²) >= 11 is 6.21. The van der Waals surface area contributed by atoms with Crippen molar-refractivity contribution in [2.45, 2.75) is 64.1 Å². The molecule has 0 saturated carbocycles. The van der Waals surface area contributed by atoms with Gasteiger partial charge in [0.1, 0.15) is 11.9 Å². The minimum atomic E-state index is -2.39. The topological polar surface area (TPSA) is 127 Å². The fourth-order valence-electron chi connectivity index (χ4n) is 5.83. The molecule has 1 fully saturated rings. The van der Waals surface area contributed by atoms with E-state index < -0.39 is 8.32 Å². The van der Waals surface area contributed by atoms with Crippen molar-refractivity contribution in [3.63, 3.8) is 0 Å². The molecule has 3 unspecified atom stereocenters. The molecule has 2 aliphatic heterocycles. The van der Waals surface area contributed by atoms with Crippen LogP contribution in [0.2, 0.25) is 18.1 Å². The minimum Gasteiger partial charge on any atom is -0.497 e. The molecular weight excluding hydrogens is 620 g/mol. The normalized spacial score (nSPS) is 19.0. The lowest BCUT2D eigenvalue weighted by atomic mass is 9.99. The summed E-state index contributed by atoms with van der Waals surface area (Å²) in [4.78, 5) is 43.4. The first kappa shape index (κ1) is 33.6. The summed E-state index contributed by atoms with van der Waals surface area (Å²) in [7, 11) is -0.742. The predicted molar refractivity (Wildman–Crippen MR) is 185 cm³/mol. The Balaban J connectivity index is 1.17. The van der Waals surface area contributed by atoms with Crippen LogP contribution < -0.4 is 36.3 Å². The molecule has 12 heteroatoms. The smallest absolute Gasteiger partial charge is 0.251 e. The molecule has 0 spiro atoms. The highest BCUT2D eigenvalue weighted by atomic mass is 35.5. The second-order valence-corrected chi connectivity index (χ2v) is 16.4. The van der Waals surface area contributed by atoms with Gasteiger partial charge in [-0.15, -0.1) is 0 Å². The number of nitrogens with zero attached hydrogens (tertiary/aromatic N) is 2. The van der Waals surface area contributed by atoms with Gasteiger partial charge in [0.15, 0.2) is 0 Å². The van der Waals surface area contributed by atoms with E-state index in [0.717, 1.165) is 52.7 Å². The minimum absolute atomic E-state index is 0.0309. The number of benzene rings is 3. The maximum absolute atomic E-state index is 13.2. The molecule has 2 aliphatic rings. The average Bonchev–Trinajstić information content (AvgIpc) is 3.36. The van der Waals surface area contributed by atoms with Gasteiger partial charge in [0.25, 0.3) is 5.91 Å². The molecule has 3 aromatic carbocycles. The molecule has 5 rings (SSSR count). The molecule has 46 heavy (non-hydrogen) atoms. The highest BCUT2D eigenvalue weighted by Gasteiger charge is 2.40. The number of hydrogen-bond donors (Lipinski definition) is 5. The van der Waals surface area contributed by atoms with E-state index in [1.165, 1.54) is 0 Å². The van der Waals surface area contributed by atoms with Crippen molar-refractivity contribution in [3.05, 3.63) is 88.4 Å². The van der Waals surface area contributed by atoms with E-state index in [2.05, 4.69) is 33.3 Å². The van der Waals surface area contributed by atoms with Gasteiger partial charge in [-0.05, 0) is 86.9 Å². The lowest BCUT2D eigenvalue weighted by Crippen LogP contribution is -2.47. The molecule has 2 amide bonds. The molecule has 3 aromatic rings. The SMILES string of the molecule is COc1ccc2c(c1)C(c1ccc(Cl)cc1)=NC(CC(=O)NCCCCCNC(=O)c1ccc([Si](C)(C)O)cc1)C1NNC(C)N21. The van der Waals surface area contributed by atoms with Gasteiger partial charge in [-0.2, -0.15) is 0 Å². The van der Waals surface area contributed by atoms with Gasteiger partial charge in [0.2, 0.25) is 14.2 Å². The van der Waals surface area contributed by atoms with E-state index in [4.69, 9.17) is 21.3 Å². The lowest BCUT2D eigenvalue weighted by molar-refractivity contribution is -0.121. The number of hydrazine groups is 1. The molecule has 1 saturated heterocycles. The summed E-state index contributed by atoms with van der Waals surface area (Å²) in [5.74, 6) is 0.528. The third-order valence-electron chi connectivity index (χ3n) is 8.38. The Morgan fingerprint density at radius 2 is 1.67 bits per heavy atom. The number of amides is 2. The number of aliphatic imine (C=N–C) groups is 1. The molecule has 10 nitrogen and oxygen atoms in total. The van der Waals surface area contributed by atoms with Crippen LogP contribution in [0, 0.1) is 0 Å². The largest absolute Gasteiger partial charge is 0.497 e. The van der Waals surface area contributed by atoms with Crippen LogP contribution in [-0.4, -0.2) is 69.2 Å². The predicted octanol–water partition coefficient (Wildman–Crippen LogP) is 3.67. The van der Waals surface area contributed by atoms with E-state index in [9.17, 15) is 14.4 Å². The summed E-state index contributed by atoms with van der Waals surface area (Å²) in [6, 6.07) is 20.4. The van der Waals surface area contributed by atoms with Gasteiger partial charge in [-0.25, -0.2) is 10.9 Å². The van der Waals surface area contributed by atoms with Crippen LogP contribution in [0.4, 0.5) is 5.69 Å². The number of rotatable bonds is 12. The van der Waals surface area contributed by atoms with Crippen molar-refractivity contribution in [1.82, 2.24) is 21.5 Å². The van der Waals surface area contributed by atoms with Gasteiger partial charge in [0, 0.05) is 40.5 Å². The molecule has 3 atom stereocenters. The Labute approximate surface area is 276 Å². The van der Waals surface area contributed by atoms with Crippen molar-refractivity contribution in [2.75, 3.05) is 25.1 Å². The maximum Gasteiger partial charge on any atom is 0.251 e. The van der Waals surface area contributed by atoms with E-state index in [1.54, 1.807) is 19.2 Å². The Bertz CT molecular complexity index is 1560. The van der Waals surface area contributed by atoms with Gasteiger partial charge >= 0.3 is 0 Å². The molecule has 2 heterocycles. The number of nitrogens with one attached hydrogen (secondary N) is 4. The summed E-state index contributed by atoms with van der Waals surface area (Å²) in [5.41, 5.74) is 10.9. The molecular formula is C34H43ClN6O4Si. The highest BCUT2D eigenvalue weighted by molar-refractivity contribution is 6.83. The summed E-state index contributed by atoms with van der Waals surface area (Å²) in [6.45, 7) is 6.87. The average molecular weight is 663 g/mol. The number of methoxy groups -OCH3 is 1. The van der Waals surface area contributed by atoms with Crippen LogP contribution in [0.25, 0.3) is 0 Å². The van der Waals surface area contributed by atoms with Crippen LogP contribution in [0.5, 0.6) is 5.75 Å². The Morgan fingerprint density at radius 3 is 2.35 bits per heavy atom. The fraction of sp³-hybridized carbons (Fsp3) is 0.382. The van der Waals surface area contributed by atoms with Crippen molar-refractivity contribution in [2.24, 2.45) is 4.99 Å². The van der Waals surface area contributed by atoms with Crippen molar-refractivity contribution < 1.29 is 19.1 Å². The Morgan fingerprint density at radius 1 is 0.978 bits per heavy atom. The molecule has 0 aliphatic carbocycles. The highest BCUT2D eigenvalue weighted by Crippen LogP contribution is 2.36. The molecule has 0 radical (unpaired) electrons. The number of carbonyl (C=O) groups is 2. The second-order valence-electron chi connectivity index (χ2n) is 12.3. The quantitative estimate of drug-likeness (QED) is 0.148. The van der Waals surface area contributed by atoms with E-state index in [0.29, 0.717) is 23.7 Å². The van der Waals surface area contributed by atoms with Crippen molar-refractivity contribution >= 4 is 48.3 Å². The number of fused-ring (bicyclic) bond motifs is 3. The molecule has 0 aromatic heterocycles. The number of halogens is 1. The standard InChI is InChI=1S/C34H43ClN6O4Si/c1-22-39-40-33-29(38-32(23-8-12-25(35)13-9-23)28-20-26(45-2)14-17-30(28)41(22)33)21-31(42)36-18-6-5-7-19-37-34(43)24-10-15-27(16-11-24)46(3,4)44/h8-17,20,22,29,33,39-40,44H,5-7,18-19,21H2,1-4H3,(H,36,42)(H,37,43). The summed E-state index contributed by atoms with van der Waals surface area (Å²) in [6.07, 6.45) is 2.40. The van der Waals surface area contributed by atoms with Crippen molar-refractivity contribution in [1.29, 1.82) is 0 Å². The van der Waals surface area contributed by atoms with Crippen LogP contribution >= 0.6 is 11.6 Å². The van der Waals surface area contributed by atoms with Gasteiger partial charge in [-0.1, -0.05) is 35.9 Å². The van der Waals surface area contributed by atoms with Crippen LogP contribution in [0.3, 0.4) is 0 Å². The van der Waals surface area contributed by atoms with Gasteiger partial charge in [-0.3, -0.25) is 14.6 Å². The van der Waals surface area contributed by atoms with Crippen molar-refractivity contribution in [3.8, 4) is 5.75 Å². The van der Waals surface area contributed by atoms with Crippen LogP contribution in [0.1, 0.15) is 54.1 Å². The Hall–Kier alpha value is -3.74. The molecule has 0 bridgehead atoms. The van der Waals surface area contributed by atoms with Gasteiger partial charge in [0.05, 0.1) is 31.4 Å². The van der Waals surface area contributed by atoms with Crippen LogP contribution in [-0.2, 0) is 4.79 Å². The zero-order chi connectivity index (χ0) is 32.8. The zero-order valence-electron chi connectivity index (χ0n) is 26.8. The first-order valence-electron chi connectivity index (χ1n) is 15.7. The number of unbranched alkanes of at least 4 members (excludes halogenated alkanes) is 2. The maximum atomic E-state index is 13.2. The Kier molecular flexibility index (Phi) is 10.8. The number of anilines is 1. The monoisotopic (exact) mass is 662 g/mol. The van der Waals surface area contributed by atoms with Gasteiger partial charge < -0.3 is 25.1 Å². The molecule has 244 valence electrons.